The zero-order chi connectivity index (χ0) is 13.1. The van der Waals surface area contributed by atoms with Gasteiger partial charge in [-0.15, -0.1) is 0 Å². The van der Waals surface area contributed by atoms with Gasteiger partial charge in [-0.2, -0.15) is 0 Å². The Labute approximate surface area is 119 Å². The van der Waals surface area contributed by atoms with Gasteiger partial charge in [0, 0.05) is 12.6 Å². The summed E-state index contributed by atoms with van der Waals surface area (Å²) in [5, 5.41) is 0. The first-order chi connectivity index (χ1) is 9.33. The van der Waals surface area contributed by atoms with Gasteiger partial charge in [-0.25, -0.2) is 0 Å². The maximum Gasteiger partial charge on any atom is 0.0246 e. The number of hydrogen-bond acceptors (Lipinski definition) is 2. The molecule has 3 fully saturated rings. The summed E-state index contributed by atoms with van der Waals surface area (Å²) in [6.07, 6.45) is 16.1. The van der Waals surface area contributed by atoms with Crippen molar-refractivity contribution in [1.29, 1.82) is 0 Å². The summed E-state index contributed by atoms with van der Waals surface area (Å²) in [5.74, 6) is 0.899. The van der Waals surface area contributed by atoms with E-state index in [0.717, 1.165) is 17.9 Å². The first-order valence-electron chi connectivity index (χ1n) is 8.77. The van der Waals surface area contributed by atoms with E-state index >= 15 is 0 Å². The molecule has 1 atom stereocenters. The van der Waals surface area contributed by atoms with Crippen molar-refractivity contribution >= 4 is 0 Å². The highest BCUT2D eigenvalue weighted by molar-refractivity contribution is 4.93. The van der Waals surface area contributed by atoms with Crippen LogP contribution in [0, 0.1) is 11.3 Å². The molecule has 110 valence electrons. The summed E-state index contributed by atoms with van der Waals surface area (Å²) in [6.45, 7) is 3.55. The monoisotopic (exact) mass is 264 g/mol. The summed E-state index contributed by atoms with van der Waals surface area (Å²) in [6, 6.07) is 0.694. The summed E-state index contributed by atoms with van der Waals surface area (Å²) in [5.41, 5.74) is 6.89. The molecule has 3 rings (SSSR count). The molecular formula is C17H32N2. The van der Waals surface area contributed by atoms with Gasteiger partial charge >= 0.3 is 0 Å². The first kappa shape index (κ1) is 13.9. The van der Waals surface area contributed by atoms with Crippen LogP contribution in [0.3, 0.4) is 0 Å². The quantitative estimate of drug-likeness (QED) is 0.844. The molecule has 0 bridgehead atoms. The van der Waals surface area contributed by atoms with E-state index in [1.807, 2.05) is 0 Å². The van der Waals surface area contributed by atoms with E-state index in [-0.39, 0.29) is 0 Å². The van der Waals surface area contributed by atoms with E-state index < -0.39 is 0 Å². The van der Waals surface area contributed by atoms with E-state index in [9.17, 15) is 0 Å². The Bertz CT molecular complexity index is 267. The molecule has 0 amide bonds. The lowest BCUT2D eigenvalue weighted by molar-refractivity contribution is 0.0469. The molecule has 2 heteroatoms. The molecule has 1 unspecified atom stereocenters. The number of rotatable bonds is 3. The highest BCUT2D eigenvalue weighted by Crippen LogP contribution is 2.46. The Hall–Kier alpha value is -0.0800. The van der Waals surface area contributed by atoms with Gasteiger partial charge in [0.1, 0.15) is 0 Å². The normalized spacial score (nSPS) is 30.8. The largest absolute Gasteiger partial charge is 0.329 e. The predicted molar refractivity (Wildman–Crippen MR) is 81.1 cm³/mol. The van der Waals surface area contributed by atoms with Crippen LogP contribution in [-0.2, 0) is 0 Å². The van der Waals surface area contributed by atoms with Crippen molar-refractivity contribution in [3.8, 4) is 0 Å². The Balaban J connectivity index is 1.56. The standard InChI is InChI=1S/C17H32N2/c18-14-16(15-6-2-1-3-7-15)19-12-10-17(11-13-19)8-4-5-9-17/h15-16H,1-14,18H2. The third-order valence-corrected chi connectivity index (χ3v) is 6.43. The summed E-state index contributed by atoms with van der Waals surface area (Å²) in [7, 11) is 0. The second-order valence-electron chi connectivity index (χ2n) is 7.44. The lowest BCUT2D eigenvalue weighted by atomic mass is 9.75. The summed E-state index contributed by atoms with van der Waals surface area (Å²) >= 11 is 0. The Morgan fingerprint density at radius 1 is 0.895 bits per heavy atom. The van der Waals surface area contributed by atoms with Crippen molar-refractivity contribution < 1.29 is 0 Å². The van der Waals surface area contributed by atoms with Gasteiger partial charge in [0.05, 0.1) is 0 Å². The van der Waals surface area contributed by atoms with Gasteiger partial charge in [-0.05, 0) is 62.9 Å². The van der Waals surface area contributed by atoms with E-state index in [4.69, 9.17) is 5.73 Å². The predicted octanol–water partition coefficient (Wildman–Crippen LogP) is 3.55. The maximum absolute atomic E-state index is 6.14. The van der Waals surface area contributed by atoms with E-state index in [1.165, 1.54) is 83.7 Å². The van der Waals surface area contributed by atoms with Crippen LogP contribution in [0.15, 0.2) is 0 Å². The lowest BCUT2D eigenvalue weighted by Gasteiger charge is -2.45. The fourth-order valence-corrected chi connectivity index (χ4v) is 5.11. The number of hydrogen-bond donors (Lipinski definition) is 1. The van der Waals surface area contributed by atoms with Crippen molar-refractivity contribution in [3.63, 3.8) is 0 Å². The molecule has 1 heterocycles. The molecule has 1 saturated heterocycles. The minimum Gasteiger partial charge on any atom is -0.329 e. The van der Waals surface area contributed by atoms with Gasteiger partial charge in [0.15, 0.2) is 0 Å². The highest BCUT2D eigenvalue weighted by Gasteiger charge is 2.39. The van der Waals surface area contributed by atoms with Crippen molar-refractivity contribution in [2.45, 2.75) is 76.7 Å². The van der Waals surface area contributed by atoms with Gasteiger partial charge < -0.3 is 5.73 Å². The fraction of sp³-hybridized carbons (Fsp3) is 1.00. The van der Waals surface area contributed by atoms with Crippen molar-refractivity contribution in [2.24, 2.45) is 17.1 Å². The SMILES string of the molecule is NCC(C1CCCCC1)N1CCC2(CCCC2)CC1. The molecule has 19 heavy (non-hydrogen) atoms. The van der Waals surface area contributed by atoms with Crippen molar-refractivity contribution in [3.05, 3.63) is 0 Å². The first-order valence-corrected chi connectivity index (χ1v) is 8.77. The van der Waals surface area contributed by atoms with Crippen LogP contribution in [0.25, 0.3) is 0 Å². The van der Waals surface area contributed by atoms with Gasteiger partial charge in [0.2, 0.25) is 0 Å². The van der Waals surface area contributed by atoms with Gasteiger partial charge in [0.25, 0.3) is 0 Å². The molecule has 0 aromatic carbocycles. The smallest absolute Gasteiger partial charge is 0.0246 e. The number of nitrogens with zero attached hydrogens (tertiary/aromatic N) is 1. The molecule has 0 aromatic rings. The van der Waals surface area contributed by atoms with Crippen LogP contribution < -0.4 is 5.73 Å². The van der Waals surface area contributed by atoms with Crippen molar-refractivity contribution in [1.82, 2.24) is 4.90 Å². The molecule has 2 saturated carbocycles. The molecule has 1 aliphatic heterocycles. The zero-order valence-corrected chi connectivity index (χ0v) is 12.6. The third-order valence-electron chi connectivity index (χ3n) is 6.43. The van der Waals surface area contributed by atoms with Crippen LogP contribution in [-0.4, -0.2) is 30.6 Å². The van der Waals surface area contributed by atoms with Crippen LogP contribution >= 0.6 is 0 Å². The molecule has 2 aliphatic carbocycles. The molecule has 0 radical (unpaired) electrons. The van der Waals surface area contributed by atoms with E-state index in [2.05, 4.69) is 4.90 Å². The van der Waals surface area contributed by atoms with Crippen molar-refractivity contribution in [2.75, 3.05) is 19.6 Å². The fourth-order valence-electron chi connectivity index (χ4n) is 5.11. The minimum absolute atomic E-state index is 0.694. The second kappa shape index (κ2) is 6.13. The van der Waals surface area contributed by atoms with Gasteiger partial charge in [-0.3, -0.25) is 4.90 Å². The Morgan fingerprint density at radius 3 is 2.11 bits per heavy atom. The molecule has 2 nitrogen and oxygen atoms in total. The van der Waals surface area contributed by atoms with Crippen LogP contribution in [0.2, 0.25) is 0 Å². The topological polar surface area (TPSA) is 29.3 Å². The zero-order valence-electron chi connectivity index (χ0n) is 12.6. The Morgan fingerprint density at radius 2 is 1.53 bits per heavy atom. The third kappa shape index (κ3) is 3.00. The minimum atomic E-state index is 0.694. The lowest BCUT2D eigenvalue weighted by Crippen LogP contribution is -2.51. The average molecular weight is 264 g/mol. The van der Waals surface area contributed by atoms with Crippen LogP contribution in [0.1, 0.15) is 70.6 Å². The van der Waals surface area contributed by atoms with E-state index in [1.54, 1.807) is 0 Å². The molecular weight excluding hydrogens is 232 g/mol. The van der Waals surface area contributed by atoms with E-state index in [0.29, 0.717) is 6.04 Å². The summed E-state index contributed by atoms with van der Waals surface area (Å²) in [4.78, 5) is 2.76. The van der Waals surface area contributed by atoms with Gasteiger partial charge in [-0.1, -0.05) is 32.1 Å². The molecule has 0 aromatic heterocycles. The number of piperidine rings is 1. The second-order valence-corrected chi connectivity index (χ2v) is 7.44. The molecule has 2 N–H and O–H groups in total. The van der Waals surface area contributed by atoms with Crippen LogP contribution in [0.4, 0.5) is 0 Å². The molecule has 1 spiro atoms. The number of likely N-dealkylation sites (tertiary alicyclic amines) is 1. The average Bonchev–Trinajstić information content (AvgIpc) is 2.92. The highest BCUT2D eigenvalue weighted by atomic mass is 15.2. The number of nitrogens with two attached hydrogens (primary N) is 1. The maximum atomic E-state index is 6.14. The van der Waals surface area contributed by atoms with Crippen LogP contribution in [0.5, 0.6) is 0 Å². The molecule has 3 aliphatic rings. The Kier molecular flexibility index (Phi) is 4.48. The summed E-state index contributed by atoms with van der Waals surface area (Å²) < 4.78 is 0.